The summed E-state index contributed by atoms with van der Waals surface area (Å²) in [6.07, 6.45) is 3.74. The summed E-state index contributed by atoms with van der Waals surface area (Å²) < 4.78 is 0. The Morgan fingerprint density at radius 2 is 2.26 bits per heavy atom. The molecule has 5 heteroatoms. The Labute approximate surface area is 119 Å². The first-order chi connectivity index (χ1) is 9.30. The van der Waals surface area contributed by atoms with E-state index >= 15 is 0 Å². The zero-order valence-electron chi connectivity index (χ0n) is 11.7. The molecule has 3 rings (SSSR count). The van der Waals surface area contributed by atoms with Crippen LogP contribution >= 0.6 is 11.8 Å². The van der Waals surface area contributed by atoms with E-state index in [0.29, 0.717) is 5.92 Å². The minimum Gasteiger partial charge on any atom is -0.373 e. The molecule has 1 aromatic heterocycles. The molecular weight excluding hydrogens is 256 g/mol. The van der Waals surface area contributed by atoms with Crippen LogP contribution in [0.3, 0.4) is 0 Å². The Hall–Kier alpha value is -0.970. The van der Waals surface area contributed by atoms with Gasteiger partial charge in [-0.3, -0.25) is 0 Å². The van der Waals surface area contributed by atoms with Crippen molar-refractivity contribution in [3.8, 4) is 0 Å². The fourth-order valence-electron chi connectivity index (χ4n) is 2.44. The van der Waals surface area contributed by atoms with Crippen molar-refractivity contribution in [2.75, 3.05) is 36.1 Å². The fourth-order valence-corrected chi connectivity index (χ4v) is 3.62. The lowest BCUT2D eigenvalue weighted by atomic mass is 10.3. The van der Waals surface area contributed by atoms with E-state index in [1.807, 2.05) is 7.05 Å². The van der Waals surface area contributed by atoms with Gasteiger partial charge in [-0.05, 0) is 19.3 Å². The summed E-state index contributed by atoms with van der Waals surface area (Å²) in [5, 5.41) is 3.91. The molecule has 0 spiro atoms. The summed E-state index contributed by atoms with van der Waals surface area (Å²) in [7, 11) is 1.93. The van der Waals surface area contributed by atoms with E-state index in [9.17, 15) is 0 Å². The third-order valence-electron chi connectivity index (χ3n) is 3.85. The minimum absolute atomic E-state index is 0.605. The molecule has 2 fully saturated rings. The van der Waals surface area contributed by atoms with E-state index in [-0.39, 0.29) is 0 Å². The lowest BCUT2D eigenvalue weighted by molar-refractivity contribution is 0.715. The van der Waals surface area contributed by atoms with Crippen molar-refractivity contribution in [2.24, 2.45) is 0 Å². The van der Waals surface area contributed by atoms with Gasteiger partial charge in [-0.2, -0.15) is 11.8 Å². The van der Waals surface area contributed by atoms with Gasteiger partial charge in [-0.15, -0.1) is 0 Å². The molecule has 2 aliphatic rings. The normalized spacial score (nSPS) is 23.5. The molecule has 0 radical (unpaired) electrons. The van der Waals surface area contributed by atoms with E-state index in [2.05, 4.69) is 40.0 Å². The number of anilines is 2. The predicted octanol–water partition coefficient (Wildman–Crippen LogP) is 2.73. The van der Waals surface area contributed by atoms with E-state index in [1.54, 1.807) is 0 Å². The second-order valence-electron chi connectivity index (χ2n) is 5.34. The van der Waals surface area contributed by atoms with Crippen molar-refractivity contribution >= 4 is 23.4 Å². The van der Waals surface area contributed by atoms with Crippen LogP contribution < -0.4 is 10.2 Å². The monoisotopic (exact) mass is 278 g/mol. The summed E-state index contributed by atoms with van der Waals surface area (Å²) in [4.78, 5) is 11.8. The van der Waals surface area contributed by atoms with Gasteiger partial charge >= 0.3 is 0 Å². The zero-order valence-corrected chi connectivity index (χ0v) is 12.5. The fraction of sp³-hybridized carbons (Fsp3) is 0.714. The third kappa shape index (κ3) is 2.96. The topological polar surface area (TPSA) is 41.0 Å². The molecule has 104 valence electrons. The van der Waals surface area contributed by atoms with Gasteiger partial charge in [-0.1, -0.05) is 6.92 Å². The average molecular weight is 278 g/mol. The van der Waals surface area contributed by atoms with Crippen LogP contribution in [0.4, 0.5) is 11.6 Å². The summed E-state index contributed by atoms with van der Waals surface area (Å²) in [6, 6.07) is 2.09. The second kappa shape index (κ2) is 5.57. The van der Waals surface area contributed by atoms with Gasteiger partial charge in [0.1, 0.15) is 17.5 Å². The van der Waals surface area contributed by atoms with Crippen molar-refractivity contribution in [1.29, 1.82) is 0 Å². The Morgan fingerprint density at radius 1 is 1.42 bits per heavy atom. The van der Waals surface area contributed by atoms with Crippen LogP contribution in [0.15, 0.2) is 6.07 Å². The molecule has 0 amide bonds. The number of nitrogens with one attached hydrogen (secondary N) is 1. The van der Waals surface area contributed by atoms with E-state index in [4.69, 9.17) is 4.98 Å². The first kappa shape index (κ1) is 13.0. The van der Waals surface area contributed by atoms with E-state index in [1.165, 1.54) is 25.0 Å². The van der Waals surface area contributed by atoms with Gasteiger partial charge in [0.25, 0.3) is 0 Å². The Kier molecular flexibility index (Phi) is 3.82. The molecule has 19 heavy (non-hydrogen) atoms. The highest BCUT2D eigenvalue weighted by molar-refractivity contribution is 8.00. The van der Waals surface area contributed by atoms with Crippen LogP contribution in [0.25, 0.3) is 0 Å². The van der Waals surface area contributed by atoms with Crippen molar-refractivity contribution in [1.82, 2.24) is 9.97 Å². The molecule has 1 saturated carbocycles. The molecule has 1 aromatic rings. The lowest BCUT2D eigenvalue weighted by Gasteiger charge is -2.33. The van der Waals surface area contributed by atoms with Crippen molar-refractivity contribution in [2.45, 2.75) is 37.4 Å². The Balaban J connectivity index is 1.84. The highest BCUT2D eigenvalue weighted by Crippen LogP contribution is 2.39. The SMILES string of the molecule is CCC1CN(c2cc(NC)nc(C3CC3)n2)CCS1. The Morgan fingerprint density at radius 3 is 2.95 bits per heavy atom. The molecule has 4 nitrogen and oxygen atoms in total. The van der Waals surface area contributed by atoms with Gasteiger partial charge in [0.15, 0.2) is 0 Å². The molecule has 1 N–H and O–H groups in total. The molecule has 1 unspecified atom stereocenters. The van der Waals surface area contributed by atoms with Crippen LogP contribution in [-0.4, -0.2) is 41.1 Å². The van der Waals surface area contributed by atoms with E-state index < -0.39 is 0 Å². The van der Waals surface area contributed by atoms with Crippen LogP contribution in [-0.2, 0) is 0 Å². The standard InChI is InChI=1S/C14H22N4S/c1-3-11-9-18(6-7-19-11)13-8-12(15-2)16-14(17-13)10-4-5-10/h8,10-11H,3-7,9H2,1-2H3,(H,15,16,17). The van der Waals surface area contributed by atoms with Gasteiger partial charge in [0, 0.05) is 43.1 Å². The molecule has 1 saturated heterocycles. The maximum absolute atomic E-state index is 4.80. The quantitative estimate of drug-likeness (QED) is 0.917. The third-order valence-corrected chi connectivity index (χ3v) is 5.22. The van der Waals surface area contributed by atoms with Gasteiger partial charge in [0.2, 0.25) is 0 Å². The number of nitrogens with zero attached hydrogens (tertiary/aromatic N) is 3. The second-order valence-corrected chi connectivity index (χ2v) is 6.75. The first-order valence-corrected chi connectivity index (χ1v) is 8.28. The molecule has 0 bridgehead atoms. The lowest BCUT2D eigenvalue weighted by Crippen LogP contribution is -2.38. The maximum atomic E-state index is 4.80. The largest absolute Gasteiger partial charge is 0.373 e. The van der Waals surface area contributed by atoms with E-state index in [0.717, 1.165) is 35.8 Å². The van der Waals surface area contributed by atoms with Crippen molar-refractivity contribution < 1.29 is 0 Å². The van der Waals surface area contributed by atoms with Crippen LogP contribution in [0, 0.1) is 0 Å². The summed E-state index contributed by atoms with van der Waals surface area (Å²) in [5.74, 6) is 4.91. The van der Waals surface area contributed by atoms with Crippen LogP contribution in [0.5, 0.6) is 0 Å². The molecule has 0 aromatic carbocycles. The summed E-state index contributed by atoms with van der Waals surface area (Å²) >= 11 is 2.09. The highest BCUT2D eigenvalue weighted by atomic mass is 32.2. The molecule has 1 aliphatic heterocycles. The predicted molar refractivity (Wildman–Crippen MR) is 82.3 cm³/mol. The number of rotatable bonds is 4. The Bertz CT molecular complexity index is 447. The number of hydrogen-bond acceptors (Lipinski definition) is 5. The van der Waals surface area contributed by atoms with Crippen LogP contribution in [0.1, 0.15) is 37.9 Å². The summed E-state index contributed by atoms with van der Waals surface area (Å²) in [5.41, 5.74) is 0. The number of thioether (sulfide) groups is 1. The van der Waals surface area contributed by atoms with Gasteiger partial charge in [-0.25, -0.2) is 9.97 Å². The molecule has 2 heterocycles. The average Bonchev–Trinajstić information content (AvgIpc) is 3.31. The number of hydrogen-bond donors (Lipinski definition) is 1. The zero-order chi connectivity index (χ0) is 13.2. The summed E-state index contributed by atoms with van der Waals surface area (Å²) in [6.45, 7) is 4.49. The van der Waals surface area contributed by atoms with Crippen molar-refractivity contribution in [3.05, 3.63) is 11.9 Å². The number of aromatic nitrogens is 2. The minimum atomic E-state index is 0.605. The molecular formula is C14H22N4S. The first-order valence-electron chi connectivity index (χ1n) is 7.23. The van der Waals surface area contributed by atoms with Crippen LogP contribution in [0.2, 0.25) is 0 Å². The molecule has 1 aliphatic carbocycles. The van der Waals surface area contributed by atoms with Gasteiger partial charge in [0.05, 0.1) is 0 Å². The smallest absolute Gasteiger partial charge is 0.136 e. The van der Waals surface area contributed by atoms with Gasteiger partial charge < -0.3 is 10.2 Å². The molecule has 1 atom stereocenters. The highest BCUT2D eigenvalue weighted by Gasteiger charge is 2.28. The maximum Gasteiger partial charge on any atom is 0.136 e. The van der Waals surface area contributed by atoms with Crippen molar-refractivity contribution in [3.63, 3.8) is 0 Å².